The van der Waals surface area contributed by atoms with Gasteiger partial charge in [-0.15, -0.1) is 5.01 Å². The first kappa shape index (κ1) is 34.8. The summed E-state index contributed by atoms with van der Waals surface area (Å²) in [6, 6.07) is 12.4. The van der Waals surface area contributed by atoms with Crippen molar-refractivity contribution >= 4 is 22.3 Å². The minimum atomic E-state index is -4.71. The molecule has 1 fully saturated rings. The number of alkyl halides is 3. The molecule has 0 spiro atoms. The van der Waals surface area contributed by atoms with E-state index < -0.39 is 46.5 Å². The number of hydrogen-bond acceptors (Lipinski definition) is 11. The summed E-state index contributed by atoms with van der Waals surface area (Å²) in [7, 11) is -4.43. The number of benzene rings is 2. The molecule has 1 aliphatic rings. The lowest BCUT2D eigenvalue weighted by atomic mass is 10.1. The fraction of sp³-hybridized carbons (Fsp3) is 0.393. The summed E-state index contributed by atoms with van der Waals surface area (Å²) in [4.78, 5) is 28.3. The van der Waals surface area contributed by atoms with Crippen molar-refractivity contribution in [2.75, 3.05) is 19.7 Å². The van der Waals surface area contributed by atoms with Gasteiger partial charge in [-0.1, -0.05) is 29.8 Å². The number of hydrazine groups is 1. The Bertz CT molecular complexity index is 1690. The maximum absolute atomic E-state index is 13.5. The van der Waals surface area contributed by atoms with E-state index in [0.717, 1.165) is 28.4 Å². The van der Waals surface area contributed by atoms with Crippen LogP contribution in [0.15, 0.2) is 64.8 Å². The van der Waals surface area contributed by atoms with E-state index in [9.17, 15) is 36.4 Å². The molecule has 1 unspecified atom stereocenters. The predicted molar refractivity (Wildman–Crippen MR) is 155 cm³/mol. The fourth-order valence-electron chi connectivity index (χ4n) is 4.36. The Kier molecular flexibility index (Phi) is 10.8. The Morgan fingerprint density at radius 1 is 1.13 bits per heavy atom. The molecule has 1 aliphatic heterocycles. The van der Waals surface area contributed by atoms with Crippen molar-refractivity contribution in [3.63, 3.8) is 0 Å². The number of carbonyl (C=O) groups is 2. The van der Waals surface area contributed by atoms with Gasteiger partial charge in [0.1, 0.15) is 6.10 Å². The van der Waals surface area contributed by atoms with Crippen LogP contribution in [0.25, 0.3) is 16.9 Å². The van der Waals surface area contributed by atoms with Crippen molar-refractivity contribution in [1.82, 2.24) is 19.5 Å². The van der Waals surface area contributed by atoms with Crippen LogP contribution in [0.5, 0.6) is 0 Å². The van der Waals surface area contributed by atoms with Gasteiger partial charge in [0.15, 0.2) is 5.69 Å². The second-order valence-electron chi connectivity index (χ2n) is 10.2. The lowest BCUT2D eigenvalue weighted by molar-refractivity contribution is -0.715. The van der Waals surface area contributed by atoms with E-state index in [2.05, 4.69) is 15.1 Å². The average molecular weight is 685 g/mol. The van der Waals surface area contributed by atoms with E-state index >= 15 is 0 Å². The van der Waals surface area contributed by atoms with Crippen LogP contribution in [0.1, 0.15) is 37.9 Å². The van der Waals surface area contributed by atoms with Gasteiger partial charge in [-0.25, -0.2) is 27.4 Å². The minimum Gasteiger partial charge on any atom is -0.569 e. The number of nitrogens with one attached hydrogen (secondary N) is 1. The zero-order valence-corrected chi connectivity index (χ0v) is 26.2. The molecule has 254 valence electrons. The molecule has 1 amide bonds. The Balaban J connectivity index is 1.34. The maximum Gasteiger partial charge on any atom is 0.511 e. The van der Waals surface area contributed by atoms with Crippen molar-refractivity contribution in [2.45, 2.75) is 57.1 Å². The number of ether oxygens (including phenoxy) is 3. The molecule has 2 heterocycles. The Labute approximate surface area is 267 Å². The zero-order valence-electron chi connectivity index (χ0n) is 25.3. The van der Waals surface area contributed by atoms with Gasteiger partial charge in [-0.2, -0.15) is 18.3 Å². The molecule has 0 saturated carbocycles. The highest BCUT2D eigenvalue weighted by atomic mass is 32.2. The number of aryl methyl sites for hydroxylation is 1. The van der Waals surface area contributed by atoms with Gasteiger partial charge in [0.25, 0.3) is 16.3 Å². The summed E-state index contributed by atoms with van der Waals surface area (Å²) < 4.78 is 83.6. The highest BCUT2D eigenvalue weighted by Crippen LogP contribution is 2.33. The van der Waals surface area contributed by atoms with Crippen LogP contribution in [-0.2, 0) is 35.2 Å². The number of sulfonamides is 1. The molecule has 0 radical (unpaired) electrons. The molecule has 0 aliphatic carbocycles. The van der Waals surface area contributed by atoms with E-state index in [-0.39, 0.29) is 53.8 Å². The summed E-state index contributed by atoms with van der Waals surface area (Å²) in [6.45, 7) is 4.97. The quantitative estimate of drug-likeness (QED) is 0.0991. The summed E-state index contributed by atoms with van der Waals surface area (Å²) in [5.41, 5.74) is 0.533. The van der Waals surface area contributed by atoms with Crippen molar-refractivity contribution < 1.29 is 55.2 Å². The van der Waals surface area contributed by atoms with E-state index in [1.165, 1.54) is 24.1 Å². The standard InChI is InChI=1S/C28H31F3N6O9S/c1-4-43-27(39)44-19(3)46-34-37(40)35-15-13-22(14-16-35)45-26(38)33-47(41,42)23-11-9-21(10-12-23)36-24(17-25(32-36)28(29,30)31)20-7-5-18(2)6-8-20/h5-12,17,19,22H,4,13-16H2,1-3H3,(H,33,38)/b37-34+. The van der Waals surface area contributed by atoms with Crippen LogP contribution in [0.2, 0.25) is 0 Å². The minimum absolute atomic E-state index is 0.0731. The van der Waals surface area contributed by atoms with Gasteiger partial charge in [0.05, 0.1) is 40.9 Å². The Morgan fingerprint density at radius 2 is 1.77 bits per heavy atom. The van der Waals surface area contributed by atoms with Gasteiger partial charge >= 0.3 is 18.4 Å². The monoisotopic (exact) mass is 684 g/mol. The second-order valence-corrected chi connectivity index (χ2v) is 11.8. The van der Waals surface area contributed by atoms with Crippen molar-refractivity contribution in [1.29, 1.82) is 0 Å². The number of piperidine rings is 1. The number of aromatic nitrogens is 2. The summed E-state index contributed by atoms with van der Waals surface area (Å²) >= 11 is 0. The largest absolute Gasteiger partial charge is 0.569 e. The highest BCUT2D eigenvalue weighted by molar-refractivity contribution is 7.90. The molecule has 1 aromatic heterocycles. The molecule has 1 saturated heterocycles. The van der Waals surface area contributed by atoms with E-state index in [1.807, 2.05) is 6.92 Å². The first-order chi connectivity index (χ1) is 22.2. The number of nitrogens with zero attached hydrogens (tertiary/aromatic N) is 5. The summed E-state index contributed by atoms with van der Waals surface area (Å²) in [5, 5.41) is 20.4. The topological polar surface area (TPSA) is 177 Å². The number of carbonyl (C=O) groups excluding carboxylic acids is 2. The molecule has 19 heteroatoms. The van der Waals surface area contributed by atoms with Crippen LogP contribution in [0, 0.1) is 12.1 Å². The molecule has 3 aromatic rings. The Morgan fingerprint density at radius 3 is 2.36 bits per heavy atom. The third kappa shape index (κ3) is 9.24. The molecule has 4 rings (SSSR count). The summed E-state index contributed by atoms with van der Waals surface area (Å²) in [5.74, 6) is 0. The second kappa shape index (κ2) is 14.6. The molecule has 1 N–H and O–H groups in total. The SMILES string of the molecule is CCOC(=O)OC(C)O/N=[N+](/[O-])N1CCC(OC(=O)NS(=O)(=O)c2ccc(-n3nc(C(F)(F)F)cc3-c3ccc(C)cc3)cc2)CC1. The number of rotatable bonds is 10. The van der Waals surface area contributed by atoms with Crippen LogP contribution < -0.4 is 4.72 Å². The van der Waals surface area contributed by atoms with Crippen molar-refractivity contribution in [3.05, 3.63) is 71.1 Å². The van der Waals surface area contributed by atoms with Crippen LogP contribution >= 0.6 is 0 Å². The van der Waals surface area contributed by atoms with Gasteiger partial charge in [0, 0.05) is 25.3 Å². The van der Waals surface area contributed by atoms with Crippen LogP contribution in [0.4, 0.5) is 22.8 Å². The van der Waals surface area contributed by atoms with Crippen molar-refractivity contribution in [3.8, 4) is 16.9 Å². The smallest absolute Gasteiger partial charge is 0.511 e. The van der Waals surface area contributed by atoms with Gasteiger partial charge in [-0.3, -0.25) is 4.84 Å². The van der Waals surface area contributed by atoms with Gasteiger partial charge < -0.3 is 19.4 Å². The Hall–Kier alpha value is -5.07. The molecule has 1 atom stereocenters. The molecule has 0 bridgehead atoms. The third-order valence-corrected chi connectivity index (χ3v) is 8.01. The molecular weight excluding hydrogens is 653 g/mol. The number of hydrogen-bond donors (Lipinski definition) is 1. The maximum atomic E-state index is 13.5. The molecule has 2 aromatic carbocycles. The first-order valence-corrected chi connectivity index (χ1v) is 15.6. The normalized spacial score (nSPS) is 15.1. The van der Waals surface area contributed by atoms with E-state index in [4.69, 9.17) is 14.3 Å². The molecule has 15 nitrogen and oxygen atoms in total. The summed E-state index contributed by atoms with van der Waals surface area (Å²) in [6.07, 6.45) is -8.59. The molecule has 47 heavy (non-hydrogen) atoms. The van der Waals surface area contributed by atoms with Crippen LogP contribution in [0.3, 0.4) is 0 Å². The third-order valence-electron chi connectivity index (χ3n) is 6.68. The van der Waals surface area contributed by atoms with Crippen molar-refractivity contribution in [2.24, 2.45) is 5.28 Å². The fourth-order valence-corrected chi connectivity index (χ4v) is 5.24. The van der Waals surface area contributed by atoms with Gasteiger partial charge in [-0.05, 0) is 44.2 Å². The number of amides is 1. The first-order valence-electron chi connectivity index (χ1n) is 14.2. The van der Waals surface area contributed by atoms with Crippen LogP contribution in [-0.4, -0.2) is 72.5 Å². The zero-order chi connectivity index (χ0) is 34.4. The highest BCUT2D eigenvalue weighted by Gasteiger charge is 2.35. The average Bonchev–Trinajstić information content (AvgIpc) is 3.47. The van der Waals surface area contributed by atoms with Gasteiger partial charge in [0.2, 0.25) is 5.28 Å². The lowest BCUT2D eigenvalue weighted by Gasteiger charge is -2.28. The van der Waals surface area contributed by atoms with E-state index in [0.29, 0.717) is 5.56 Å². The lowest BCUT2D eigenvalue weighted by Crippen LogP contribution is -2.43. The van der Waals surface area contributed by atoms with E-state index in [1.54, 1.807) is 35.9 Å². The molecular formula is C28H31F3N6O9S. The number of halogens is 3. The predicted octanol–water partition coefficient (Wildman–Crippen LogP) is 5.07.